The van der Waals surface area contributed by atoms with Gasteiger partial charge in [-0.25, -0.2) is 0 Å². The van der Waals surface area contributed by atoms with Crippen molar-refractivity contribution in [1.29, 1.82) is 0 Å². The average Bonchev–Trinajstić information content (AvgIpc) is 2.57. The summed E-state index contributed by atoms with van der Waals surface area (Å²) < 4.78 is 0. The molecule has 0 saturated heterocycles. The summed E-state index contributed by atoms with van der Waals surface area (Å²) in [5, 5.41) is 5.15. The van der Waals surface area contributed by atoms with Gasteiger partial charge in [-0.3, -0.25) is 4.90 Å². The van der Waals surface area contributed by atoms with E-state index in [1.165, 1.54) is 11.1 Å². The monoisotopic (exact) mass is 350 g/mol. The molecule has 0 aliphatic carbocycles. The van der Waals surface area contributed by atoms with Crippen LogP contribution in [-0.4, -0.2) is 24.5 Å². The van der Waals surface area contributed by atoms with Crippen LogP contribution in [0, 0.1) is 0 Å². The van der Waals surface area contributed by atoms with Gasteiger partial charge in [0.05, 0.1) is 0 Å². The molecule has 0 bridgehead atoms. The fraction of sp³-hybridized carbons (Fsp3) is 0.368. The SMILES string of the molecule is CCN(CC)C(CNCc1ccc(Cl)cc1)c1ccccc1Cl. The normalized spacial score (nSPS) is 12.6. The maximum atomic E-state index is 6.42. The molecular weight excluding hydrogens is 327 g/mol. The van der Waals surface area contributed by atoms with Crippen LogP contribution in [0.15, 0.2) is 48.5 Å². The summed E-state index contributed by atoms with van der Waals surface area (Å²) in [4.78, 5) is 2.43. The van der Waals surface area contributed by atoms with Crippen molar-refractivity contribution >= 4 is 23.2 Å². The number of hydrogen-bond acceptors (Lipinski definition) is 2. The zero-order valence-electron chi connectivity index (χ0n) is 13.7. The smallest absolute Gasteiger partial charge is 0.0487 e. The van der Waals surface area contributed by atoms with E-state index in [2.05, 4.69) is 48.3 Å². The lowest BCUT2D eigenvalue weighted by molar-refractivity contribution is 0.213. The summed E-state index contributed by atoms with van der Waals surface area (Å²) in [6, 6.07) is 16.3. The molecule has 0 aliphatic heterocycles. The van der Waals surface area contributed by atoms with Gasteiger partial charge in [-0.05, 0) is 42.4 Å². The van der Waals surface area contributed by atoms with E-state index in [1.807, 2.05) is 24.3 Å². The lowest BCUT2D eigenvalue weighted by Crippen LogP contribution is -2.35. The van der Waals surface area contributed by atoms with Gasteiger partial charge in [0.1, 0.15) is 0 Å². The quantitative estimate of drug-likeness (QED) is 0.706. The van der Waals surface area contributed by atoms with Crippen LogP contribution in [-0.2, 0) is 6.54 Å². The van der Waals surface area contributed by atoms with Crippen molar-refractivity contribution in [3.05, 3.63) is 69.7 Å². The van der Waals surface area contributed by atoms with E-state index in [0.29, 0.717) is 0 Å². The van der Waals surface area contributed by atoms with Crippen molar-refractivity contribution in [2.75, 3.05) is 19.6 Å². The van der Waals surface area contributed by atoms with Crippen LogP contribution >= 0.6 is 23.2 Å². The first kappa shape index (κ1) is 18.3. The Bertz CT molecular complexity index is 595. The minimum Gasteiger partial charge on any atom is -0.311 e. The van der Waals surface area contributed by atoms with Crippen LogP contribution in [0.2, 0.25) is 10.0 Å². The number of nitrogens with one attached hydrogen (secondary N) is 1. The molecule has 1 unspecified atom stereocenters. The van der Waals surface area contributed by atoms with Crippen LogP contribution in [0.25, 0.3) is 0 Å². The van der Waals surface area contributed by atoms with E-state index >= 15 is 0 Å². The molecule has 0 radical (unpaired) electrons. The third-order valence-electron chi connectivity index (χ3n) is 4.10. The lowest BCUT2D eigenvalue weighted by Gasteiger charge is -2.31. The molecule has 1 N–H and O–H groups in total. The Labute approximate surface area is 149 Å². The van der Waals surface area contributed by atoms with E-state index in [1.54, 1.807) is 0 Å². The first-order valence-electron chi connectivity index (χ1n) is 8.09. The maximum Gasteiger partial charge on any atom is 0.0487 e. The van der Waals surface area contributed by atoms with Gasteiger partial charge >= 0.3 is 0 Å². The number of rotatable bonds is 8. The summed E-state index contributed by atoms with van der Waals surface area (Å²) in [6.07, 6.45) is 0. The van der Waals surface area contributed by atoms with Crippen LogP contribution in [0.5, 0.6) is 0 Å². The van der Waals surface area contributed by atoms with Crippen molar-refractivity contribution in [3.8, 4) is 0 Å². The first-order valence-corrected chi connectivity index (χ1v) is 8.85. The second kappa shape index (κ2) is 9.29. The number of nitrogens with zero attached hydrogens (tertiary/aromatic N) is 1. The van der Waals surface area contributed by atoms with Crippen molar-refractivity contribution < 1.29 is 0 Å². The molecular formula is C19H24Cl2N2. The highest BCUT2D eigenvalue weighted by Gasteiger charge is 2.19. The van der Waals surface area contributed by atoms with Gasteiger partial charge in [-0.2, -0.15) is 0 Å². The van der Waals surface area contributed by atoms with E-state index in [4.69, 9.17) is 23.2 Å². The third-order valence-corrected chi connectivity index (χ3v) is 4.69. The van der Waals surface area contributed by atoms with Gasteiger partial charge in [-0.1, -0.05) is 67.4 Å². The van der Waals surface area contributed by atoms with Crippen LogP contribution in [0.4, 0.5) is 0 Å². The topological polar surface area (TPSA) is 15.3 Å². The van der Waals surface area contributed by atoms with E-state index < -0.39 is 0 Å². The highest BCUT2D eigenvalue weighted by atomic mass is 35.5. The van der Waals surface area contributed by atoms with Gasteiger partial charge in [0, 0.05) is 29.2 Å². The molecule has 0 aromatic heterocycles. The summed E-state index contributed by atoms with van der Waals surface area (Å²) in [7, 11) is 0. The summed E-state index contributed by atoms with van der Waals surface area (Å²) in [6.45, 7) is 8.04. The van der Waals surface area contributed by atoms with Gasteiger partial charge < -0.3 is 5.32 Å². The summed E-state index contributed by atoms with van der Waals surface area (Å²) in [5.74, 6) is 0. The molecule has 23 heavy (non-hydrogen) atoms. The molecule has 0 aliphatic rings. The second-order valence-corrected chi connectivity index (χ2v) is 6.36. The predicted molar refractivity (Wildman–Crippen MR) is 100 cm³/mol. The highest BCUT2D eigenvalue weighted by molar-refractivity contribution is 6.31. The molecule has 0 saturated carbocycles. The minimum atomic E-state index is 0.269. The van der Waals surface area contributed by atoms with E-state index in [-0.39, 0.29) is 6.04 Å². The zero-order chi connectivity index (χ0) is 16.7. The Hall–Kier alpha value is -1.06. The Morgan fingerprint density at radius 2 is 1.61 bits per heavy atom. The van der Waals surface area contributed by atoms with Crippen LogP contribution < -0.4 is 5.32 Å². The van der Waals surface area contributed by atoms with Gasteiger partial charge in [0.2, 0.25) is 0 Å². The molecule has 1 atom stereocenters. The van der Waals surface area contributed by atoms with Gasteiger partial charge in [0.15, 0.2) is 0 Å². The van der Waals surface area contributed by atoms with Crippen LogP contribution in [0.1, 0.15) is 31.0 Å². The number of benzene rings is 2. The Morgan fingerprint density at radius 3 is 2.22 bits per heavy atom. The molecule has 2 aromatic rings. The minimum absolute atomic E-state index is 0.269. The van der Waals surface area contributed by atoms with E-state index in [9.17, 15) is 0 Å². The fourth-order valence-electron chi connectivity index (χ4n) is 2.80. The molecule has 0 heterocycles. The van der Waals surface area contributed by atoms with Crippen molar-refractivity contribution in [3.63, 3.8) is 0 Å². The van der Waals surface area contributed by atoms with Crippen molar-refractivity contribution in [2.24, 2.45) is 0 Å². The fourth-order valence-corrected chi connectivity index (χ4v) is 3.19. The van der Waals surface area contributed by atoms with E-state index in [0.717, 1.165) is 36.2 Å². The summed E-state index contributed by atoms with van der Waals surface area (Å²) in [5.41, 5.74) is 2.41. The predicted octanol–water partition coefficient (Wildman–Crippen LogP) is 5.17. The summed E-state index contributed by atoms with van der Waals surface area (Å²) >= 11 is 12.4. The second-order valence-electron chi connectivity index (χ2n) is 5.52. The highest BCUT2D eigenvalue weighted by Crippen LogP contribution is 2.27. The molecule has 2 rings (SSSR count). The maximum absolute atomic E-state index is 6.42. The molecule has 2 aromatic carbocycles. The standard InChI is InChI=1S/C19H24Cl2N2/c1-3-23(4-2)19(17-7-5-6-8-18(17)21)14-22-13-15-9-11-16(20)12-10-15/h5-12,19,22H,3-4,13-14H2,1-2H3. The Balaban J connectivity index is 2.06. The number of likely N-dealkylation sites (N-methyl/N-ethyl adjacent to an activating group) is 1. The largest absolute Gasteiger partial charge is 0.311 e. The Kier molecular flexibility index (Phi) is 7.38. The number of hydrogen-bond donors (Lipinski definition) is 1. The number of halogens is 2. The molecule has 124 valence electrons. The molecule has 4 heteroatoms. The Morgan fingerprint density at radius 1 is 0.957 bits per heavy atom. The van der Waals surface area contributed by atoms with Gasteiger partial charge in [0.25, 0.3) is 0 Å². The zero-order valence-corrected chi connectivity index (χ0v) is 15.2. The van der Waals surface area contributed by atoms with Crippen molar-refractivity contribution in [1.82, 2.24) is 10.2 Å². The average molecular weight is 351 g/mol. The lowest BCUT2D eigenvalue weighted by atomic mass is 10.0. The molecule has 2 nitrogen and oxygen atoms in total. The van der Waals surface area contributed by atoms with Crippen molar-refractivity contribution in [2.45, 2.75) is 26.4 Å². The molecule has 0 fully saturated rings. The third kappa shape index (κ3) is 5.22. The molecule has 0 spiro atoms. The van der Waals surface area contributed by atoms with Gasteiger partial charge in [-0.15, -0.1) is 0 Å². The molecule has 0 amide bonds. The first-order chi connectivity index (χ1) is 11.2. The van der Waals surface area contributed by atoms with Crippen LogP contribution in [0.3, 0.4) is 0 Å².